The van der Waals surface area contributed by atoms with E-state index < -0.39 is 5.82 Å². The number of carbonyl (C=O) groups excluding carboxylic acids is 1. The minimum Gasteiger partial charge on any atom is -0.362 e. The summed E-state index contributed by atoms with van der Waals surface area (Å²) in [6, 6.07) is 12.6. The molecule has 1 fully saturated rings. The molecule has 0 unspecified atom stereocenters. The van der Waals surface area contributed by atoms with Gasteiger partial charge in [0.1, 0.15) is 28.7 Å². The Morgan fingerprint density at radius 3 is 2.61 bits per heavy atom. The van der Waals surface area contributed by atoms with Gasteiger partial charge < -0.3 is 20.1 Å². The van der Waals surface area contributed by atoms with Crippen LogP contribution in [0.25, 0.3) is 22.2 Å². The summed E-state index contributed by atoms with van der Waals surface area (Å²) in [5.74, 6) is 1.25. The first-order valence-corrected chi connectivity index (χ1v) is 13.1. The number of hydrogen-bond acceptors (Lipinski definition) is 7. The number of anilines is 2. The molecule has 1 amide bonds. The highest BCUT2D eigenvalue weighted by molar-refractivity contribution is 6.33. The van der Waals surface area contributed by atoms with E-state index in [1.807, 2.05) is 43.3 Å². The van der Waals surface area contributed by atoms with E-state index in [1.54, 1.807) is 13.0 Å². The molecule has 4 aromatic rings. The van der Waals surface area contributed by atoms with Crippen LogP contribution in [0.1, 0.15) is 41.8 Å². The molecule has 38 heavy (non-hydrogen) atoms. The van der Waals surface area contributed by atoms with Gasteiger partial charge in [-0.3, -0.25) is 4.79 Å². The number of rotatable bonds is 7. The number of amides is 1. The normalized spacial score (nSPS) is 17.4. The molecule has 0 aliphatic heterocycles. The molecule has 2 N–H and O–H groups in total. The van der Waals surface area contributed by atoms with E-state index in [0.29, 0.717) is 24.2 Å². The first kappa shape index (κ1) is 25.9. The van der Waals surface area contributed by atoms with Gasteiger partial charge in [-0.25, -0.2) is 9.37 Å². The van der Waals surface area contributed by atoms with Gasteiger partial charge in [0, 0.05) is 32.1 Å². The SMILES string of the molecule is Cc1onc(-c2c(F)cccc2Cl)c1C(=O)NC[C@H]1CC[C@@H](Nc2nc(N(C)C)c3ccccc3n2)CC1. The largest absolute Gasteiger partial charge is 0.362 e. The maximum atomic E-state index is 14.5. The summed E-state index contributed by atoms with van der Waals surface area (Å²) in [6.07, 6.45) is 3.77. The monoisotopic (exact) mass is 536 g/mol. The molecule has 8 nitrogen and oxygen atoms in total. The summed E-state index contributed by atoms with van der Waals surface area (Å²) in [7, 11) is 3.96. The first-order chi connectivity index (χ1) is 18.3. The molecule has 10 heteroatoms. The molecule has 1 saturated carbocycles. The molecule has 2 aromatic heterocycles. The van der Waals surface area contributed by atoms with E-state index in [4.69, 9.17) is 26.1 Å². The Kier molecular flexibility index (Phi) is 7.46. The molecular formula is C28H30ClFN6O2. The predicted molar refractivity (Wildman–Crippen MR) is 147 cm³/mol. The molecule has 2 heterocycles. The van der Waals surface area contributed by atoms with Crippen molar-refractivity contribution in [2.75, 3.05) is 30.9 Å². The van der Waals surface area contributed by atoms with Gasteiger partial charge in [-0.15, -0.1) is 0 Å². The quantitative estimate of drug-likeness (QED) is 0.306. The van der Waals surface area contributed by atoms with Crippen molar-refractivity contribution in [3.63, 3.8) is 0 Å². The fourth-order valence-electron chi connectivity index (χ4n) is 5.02. The third-order valence-electron chi connectivity index (χ3n) is 7.03. The van der Waals surface area contributed by atoms with Gasteiger partial charge in [0.05, 0.1) is 16.1 Å². The lowest BCUT2D eigenvalue weighted by Crippen LogP contribution is -2.34. The Balaban J connectivity index is 1.20. The minimum atomic E-state index is -0.557. The average Bonchev–Trinajstić information content (AvgIpc) is 3.28. The zero-order valence-corrected chi connectivity index (χ0v) is 22.3. The van der Waals surface area contributed by atoms with Gasteiger partial charge in [0.25, 0.3) is 5.91 Å². The Morgan fingerprint density at radius 1 is 1.11 bits per heavy atom. The lowest BCUT2D eigenvalue weighted by molar-refractivity contribution is 0.0942. The molecule has 0 atom stereocenters. The highest BCUT2D eigenvalue weighted by Gasteiger charge is 2.27. The third-order valence-corrected chi connectivity index (χ3v) is 7.34. The summed E-state index contributed by atoms with van der Waals surface area (Å²) in [6.45, 7) is 2.14. The van der Waals surface area contributed by atoms with Crippen molar-refractivity contribution in [1.82, 2.24) is 20.4 Å². The van der Waals surface area contributed by atoms with E-state index in [9.17, 15) is 9.18 Å². The summed E-state index contributed by atoms with van der Waals surface area (Å²) in [4.78, 5) is 24.5. The predicted octanol–water partition coefficient (Wildman–Crippen LogP) is 5.85. The molecule has 0 radical (unpaired) electrons. The van der Waals surface area contributed by atoms with Crippen LogP contribution >= 0.6 is 11.6 Å². The zero-order valence-electron chi connectivity index (χ0n) is 21.6. The molecule has 5 rings (SSSR count). The lowest BCUT2D eigenvalue weighted by atomic mass is 9.86. The number of fused-ring (bicyclic) bond motifs is 1. The van der Waals surface area contributed by atoms with Crippen LogP contribution in [-0.2, 0) is 0 Å². The van der Waals surface area contributed by atoms with Crippen LogP contribution in [-0.4, -0.2) is 47.7 Å². The molecule has 198 valence electrons. The van der Waals surface area contributed by atoms with Gasteiger partial charge in [-0.05, 0) is 62.8 Å². The van der Waals surface area contributed by atoms with Crippen molar-refractivity contribution in [1.29, 1.82) is 0 Å². The van der Waals surface area contributed by atoms with Crippen LogP contribution in [0.5, 0.6) is 0 Å². The van der Waals surface area contributed by atoms with Gasteiger partial charge in [-0.1, -0.05) is 35.0 Å². The third kappa shape index (κ3) is 5.29. The molecular weight excluding hydrogens is 507 g/mol. The summed E-state index contributed by atoms with van der Waals surface area (Å²) >= 11 is 6.20. The van der Waals surface area contributed by atoms with Crippen molar-refractivity contribution in [2.45, 2.75) is 38.6 Å². The average molecular weight is 537 g/mol. The van der Waals surface area contributed by atoms with Crippen molar-refractivity contribution in [2.24, 2.45) is 5.92 Å². The highest BCUT2D eigenvalue weighted by Crippen LogP contribution is 2.34. The number of para-hydroxylation sites is 1. The summed E-state index contributed by atoms with van der Waals surface area (Å²) in [5, 5.41) is 11.6. The molecule has 1 aliphatic rings. The Bertz CT molecular complexity index is 1450. The van der Waals surface area contributed by atoms with Gasteiger partial charge in [0.15, 0.2) is 0 Å². The second-order valence-electron chi connectivity index (χ2n) is 9.91. The first-order valence-electron chi connectivity index (χ1n) is 12.7. The number of nitrogens with one attached hydrogen (secondary N) is 2. The highest BCUT2D eigenvalue weighted by atomic mass is 35.5. The molecule has 0 bridgehead atoms. The van der Waals surface area contributed by atoms with Crippen molar-refractivity contribution in [3.8, 4) is 11.3 Å². The van der Waals surface area contributed by atoms with Crippen LogP contribution in [0.2, 0.25) is 5.02 Å². The molecule has 0 saturated heterocycles. The number of aromatic nitrogens is 3. The van der Waals surface area contributed by atoms with Crippen LogP contribution < -0.4 is 15.5 Å². The molecule has 0 spiro atoms. The van der Waals surface area contributed by atoms with E-state index in [2.05, 4.69) is 15.8 Å². The maximum Gasteiger partial charge on any atom is 0.257 e. The Hall–Kier alpha value is -3.72. The number of hydrogen-bond donors (Lipinski definition) is 2. The number of nitrogens with zero attached hydrogens (tertiary/aromatic N) is 4. The van der Waals surface area contributed by atoms with Crippen LogP contribution in [0, 0.1) is 18.7 Å². The number of halogens is 2. The zero-order chi connectivity index (χ0) is 26.8. The van der Waals surface area contributed by atoms with Gasteiger partial charge >= 0.3 is 0 Å². The van der Waals surface area contributed by atoms with Crippen LogP contribution in [0.4, 0.5) is 16.2 Å². The Morgan fingerprint density at radius 2 is 1.87 bits per heavy atom. The van der Waals surface area contributed by atoms with E-state index in [0.717, 1.165) is 42.4 Å². The fourth-order valence-corrected chi connectivity index (χ4v) is 5.27. The number of aryl methyl sites for hydroxylation is 1. The minimum absolute atomic E-state index is 0.0658. The summed E-state index contributed by atoms with van der Waals surface area (Å²) < 4.78 is 19.7. The Labute approximate surface area is 225 Å². The van der Waals surface area contributed by atoms with Crippen molar-refractivity contribution >= 4 is 40.2 Å². The second kappa shape index (κ2) is 10.9. The molecule has 1 aliphatic carbocycles. The smallest absolute Gasteiger partial charge is 0.257 e. The van der Waals surface area contributed by atoms with Gasteiger partial charge in [-0.2, -0.15) is 4.98 Å². The second-order valence-corrected chi connectivity index (χ2v) is 10.3. The summed E-state index contributed by atoms with van der Waals surface area (Å²) in [5.41, 5.74) is 1.29. The van der Waals surface area contributed by atoms with E-state index >= 15 is 0 Å². The van der Waals surface area contributed by atoms with E-state index in [-0.39, 0.29) is 33.8 Å². The maximum absolute atomic E-state index is 14.5. The standard InChI is InChI=1S/C28H30ClFN6O2/c1-16-23(25(35-38-16)24-20(29)8-6-9-21(24)30)27(37)31-15-17-11-13-18(14-12-17)32-28-33-22-10-5-4-7-19(22)26(34-28)36(2)3/h4-10,17-18H,11-15H2,1-3H3,(H,31,37)(H,32,33,34)/t17-,18+. The topological polar surface area (TPSA) is 96.2 Å². The fraction of sp³-hybridized carbons (Fsp3) is 0.357. The van der Waals surface area contributed by atoms with Gasteiger partial charge in [0.2, 0.25) is 5.95 Å². The van der Waals surface area contributed by atoms with Crippen LogP contribution in [0.15, 0.2) is 47.0 Å². The lowest BCUT2D eigenvalue weighted by Gasteiger charge is -2.29. The van der Waals surface area contributed by atoms with Crippen molar-refractivity contribution in [3.05, 3.63) is 64.6 Å². The van der Waals surface area contributed by atoms with Crippen LogP contribution in [0.3, 0.4) is 0 Å². The number of carbonyl (C=O) groups is 1. The molecule has 2 aromatic carbocycles. The number of benzene rings is 2. The van der Waals surface area contributed by atoms with E-state index in [1.165, 1.54) is 12.1 Å². The van der Waals surface area contributed by atoms with Crippen molar-refractivity contribution < 1.29 is 13.7 Å².